The molecule has 4 heteroatoms. The van der Waals surface area contributed by atoms with Gasteiger partial charge in [0, 0.05) is 17.8 Å². The molecule has 2 rings (SSSR count). The molecule has 0 aromatic heterocycles. The number of ether oxygens (including phenoxy) is 1. The number of hydrogen-bond donors (Lipinski definition) is 1. The number of methoxy groups -OCH3 is 1. The molecule has 0 aliphatic rings. The Labute approximate surface area is 138 Å². The first-order valence-electron chi connectivity index (χ1n) is 7.67. The van der Waals surface area contributed by atoms with E-state index in [4.69, 9.17) is 4.74 Å². The second kappa shape index (κ2) is 7.79. The average molecular weight is 312 g/mol. The van der Waals surface area contributed by atoms with Crippen LogP contribution >= 0.6 is 0 Å². The number of rotatable bonds is 6. The van der Waals surface area contributed by atoms with Gasteiger partial charge in [-0.05, 0) is 44.2 Å². The third-order valence-corrected chi connectivity index (χ3v) is 3.71. The van der Waals surface area contributed by atoms with Crippen LogP contribution in [0.4, 0.5) is 5.69 Å². The Morgan fingerprint density at radius 1 is 1.17 bits per heavy atom. The van der Waals surface area contributed by atoms with Crippen molar-refractivity contribution in [2.75, 3.05) is 26.0 Å². The number of carbonyl (C=O) groups excluding carboxylic acids is 1. The van der Waals surface area contributed by atoms with Gasteiger partial charge in [0.25, 0.3) is 0 Å². The lowest BCUT2D eigenvalue weighted by Gasteiger charge is -2.18. The minimum Gasteiger partial charge on any atom is -0.496 e. The molecule has 1 amide bonds. The molecular weight excluding hydrogens is 288 g/mol. The van der Waals surface area contributed by atoms with Gasteiger partial charge in [-0.3, -0.25) is 9.69 Å². The van der Waals surface area contributed by atoms with Gasteiger partial charge < -0.3 is 10.1 Å². The summed E-state index contributed by atoms with van der Waals surface area (Å²) in [5.41, 5.74) is 4.14. The average Bonchev–Trinajstić information content (AvgIpc) is 2.51. The predicted molar refractivity (Wildman–Crippen MR) is 93.9 cm³/mol. The van der Waals surface area contributed by atoms with Crippen molar-refractivity contribution in [3.8, 4) is 5.75 Å². The van der Waals surface area contributed by atoms with Gasteiger partial charge in [0.05, 0.1) is 13.7 Å². The molecule has 4 nitrogen and oxygen atoms in total. The van der Waals surface area contributed by atoms with Crippen LogP contribution in [0.2, 0.25) is 0 Å². The zero-order valence-corrected chi connectivity index (χ0v) is 14.2. The van der Waals surface area contributed by atoms with Crippen molar-refractivity contribution in [3.63, 3.8) is 0 Å². The van der Waals surface area contributed by atoms with Crippen molar-refractivity contribution in [2.24, 2.45) is 0 Å². The zero-order valence-electron chi connectivity index (χ0n) is 14.2. The highest BCUT2D eigenvalue weighted by atomic mass is 16.5. The summed E-state index contributed by atoms with van der Waals surface area (Å²) in [4.78, 5) is 14.2. The predicted octanol–water partition coefficient (Wildman–Crippen LogP) is 3.38. The quantitative estimate of drug-likeness (QED) is 0.889. The van der Waals surface area contributed by atoms with Crippen LogP contribution in [0.1, 0.15) is 16.7 Å². The molecule has 0 bridgehead atoms. The third-order valence-electron chi connectivity index (χ3n) is 3.71. The number of carbonyl (C=O) groups is 1. The molecule has 0 saturated heterocycles. The Morgan fingerprint density at radius 2 is 1.91 bits per heavy atom. The van der Waals surface area contributed by atoms with Gasteiger partial charge >= 0.3 is 0 Å². The minimum absolute atomic E-state index is 0.0175. The summed E-state index contributed by atoms with van der Waals surface area (Å²) in [6.45, 7) is 4.99. The number of aryl methyl sites for hydroxylation is 2. The van der Waals surface area contributed by atoms with E-state index in [1.165, 1.54) is 0 Å². The van der Waals surface area contributed by atoms with Gasteiger partial charge in [-0.1, -0.05) is 30.3 Å². The monoisotopic (exact) mass is 312 g/mol. The van der Waals surface area contributed by atoms with E-state index in [1.54, 1.807) is 7.11 Å². The topological polar surface area (TPSA) is 41.6 Å². The Morgan fingerprint density at radius 3 is 2.65 bits per heavy atom. The summed E-state index contributed by atoms with van der Waals surface area (Å²) in [6.07, 6.45) is 0. The Bertz CT molecular complexity index is 683. The van der Waals surface area contributed by atoms with E-state index in [9.17, 15) is 4.79 Å². The standard InChI is InChI=1S/C19H24N2O2/c1-14-9-10-15(2)17(11-14)20-19(22)13-21(3)12-16-7-5-6-8-18(16)23-4/h5-11H,12-13H2,1-4H3,(H,20,22). The molecule has 0 unspecified atom stereocenters. The molecular formula is C19H24N2O2. The maximum atomic E-state index is 12.2. The van der Waals surface area contributed by atoms with Crippen LogP contribution in [0.25, 0.3) is 0 Å². The molecule has 2 aromatic rings. The first-order valence-corrected chi connectivity index (χ1v) is 7.67. The number of nitrogens with one attached hydrogen (secondary N) is 1. The van der Waals surface area contributed by atoms with Crippen molar-refractivity contribution >= 4 is 11.6 Å². The van der Waals surface area contributed by atoms with Crippen LogP contribution in [0.3, 0.4) is 0 Å². The second-order valence-electron chi connectivity index (χ2n) is 5.85. The van der Waals surface area contributed by atoms with Gasteiger partial charge in [0.2, 0.25) is 5.91 Å². The molecule has 122 valence electrons. The Balaban J connectivity index is 1.96. The fourth-order valence-corrected chi connectivity index (χ4v) is 2.49. The fourth-order valence-electron chi connectivity index (χ4n) is 2.49. The van der Waals surface area contributed by atoms with Crippen LogP contribution in [-0.4, -0.2) is 31.5 Å². The number of benzene rings is 2. The first kappa shape index (κ1) is 17.0. The first-order chi connectivity index (χ1) is 11.0. The third kappa shape index (κ3) is 4.83. The number of likely N-dealkylation sites (N-methyl/N-ethyl adjacent to an activating group) is 1. The molecule has 0 aliphatic heterocycles. The molecule has 2 aromatic carbocycles. The normalized spacial score (nSPS) is 10.7. The molecule has 0 aliphatic carbocycles. The lowest BCUT2D eigenvalue weighted by atomic mass is 10.1. The zero-order chi connectivity index (χ0) is 16.8. The van der Waals surface area contributed by atoms with Crippen LogP contribution in [-0.2, 0) is 11.3 Å². The van der Waals surface area contributed by atoms with Gasteiger partial charge in [-0.2, -0.15) is 0 Å². The van der Waals surface area contributed by atoms with Crippen molar-refractivity contribution in [1.82, 2.24) is 4.90 Å². The van der Waals surface area contributed by atoms with Crippen LogP contribution in [0, 0.1) is 13.8 Å². The summed E-state index contributed by atoms with van der Waals surface area (Å²) in [7, 11) is 3.58. The van der Waals surface area contributed by atoms with Gasteiger partial charge in [0.1, 0.15) is 5.75 Å². The highest BCUT2D eigenvalue weighted by molar-refractivity contribution is 5.93. The van der Waals surface area contributed by atoms with E-state index in [-0.39, 0.29) is 5.91 Å². The number of hydrogen-bond acceptors (Lipinski definition) is 3. The highest BCUT2D eigenvalue weighted by Crippen LogP contribution is 2.19. The molecule has 23 heavy (non-hydrogen) atoms. The number of nitrogens with zero attached hydrogens (tertiary/aromatic N) is 1. The van der Waals surface area contributed by atoms with Crippen molar-refractivity contribution < 1.29 is 9.53 Å². The fraction of sp³-hybridized carbons (Fsp3) is 0.316. The number of para-hydroxylation sites is 1. The van der Waals surface area contributed by atoms with Crippen LogP contribution in [0.15, 0.2) is 42.5 Å². The Hall–Kier alpha value is -2.33. The van der Waals surface area contributed by atoms with Crippen molar-refractivity contribution in [2.45, 2.75) is 20.4 Å². The van der Waals surface area contributed by atoms with E-state index in [1.807, 2.05) is 68.3 Å². The molecule has 0 spiro atoms. The summed E-state index contributed by atoms with van der Waals surface area (Å²) >= 11 is 0. The lowest BCUT2D eigenvalue weighted by molar-refractivity contribution is -0.117. The van der Waals surface area contributed by atoms with Crippen molar-refractivity contribution in [3.05, 3.63) is 59.2 Å². The molecule has 0 radical (unpaired) electrons. The molecule has 0 fully saturated rings. The molecule has 0 heterocycles. The van der Waals surface area contributed by atoms with E-state index < -0.39 is 0 Å². The van der Waals surface area contributed by atoms with Crippen LogP contribution in [0.5, 0.6) is 5.75 Å². The largest absolute Gasteiger partial charge is 0.496 e. The smallest absolute Gasteiger partial charge is 0.238 e. The summed E-state index contributed by atoms with van der Waals surface area (Å²) in [5.74, 6) is 0.824. The second-order valence-corrected chi connectivity index (χ2v) is 5.85. The summed E-state index contributed by atoms with van der Waals surface area (Å²) < 4.78 is 5.35. The summed E-state index contributed by atoms with van der Waals surface area (Å²) in [5, 5.41) is 2.98. The molecule has 1 N–H and O–H groups in total. The Kier molecular flexibility index (Phi) is 5.77. The van der Waals surface area contributed by atoms with E-state index >= 15 is 0 Å². The molecule has 0 atom stereocenters. The minimum atomic E-state index is -0.0175. The van der Waals surface area contributed by atoms with Crippen LogP contribution < -0.4 is 10.1 Å². The summed E-state index contributed by atoms with van der Waals surface area (Å²) in [6, 6.07) is 13.9. The molecule has 0 saturated carbocycles. The highest BCUT2D eigenvalue weighted by Gasteiger charge is 2.11. The maximum absolute atomic E-state index is 12.2. The SMILES string of the molecule is COc1ccccc1CN(C)CC(=O)Nc1cc(C)ccc1C. The van der Waals surface area contributed by atoms with Gasteiger partial charge in [0.15, 0.2) is 0 Å². The van der Waals surface area contributed by atoms with Gasteiger partial charge in [-0.15, -0.1) is 0 Å². The van der Waals surface area contributed by atoms with E-state index in [0.717, 1.165) is 28.1 Å². The van der Waals surface area contributed by atoms with E-state index in [2.05, 4.69) is 5.32 Å². The van der Waals surface area contributed by atoms with E-state index in [0.29, 0.717) is 13.1 Å². The number of anilines is 1. The van der Waals surface area contributed by atoms with Crippen molar-refractivity contribution in [1.29, 1.82) is 0 Å². The lowest BCUT2D eigenvalue weighted by Crippen LogP contribution is -2.30. The number of amides is 1. The maximum Gasteiger partial charge on any atom is 0.238 e. The van der Waals surface area contributed by atoms with Gasteiger partial charge in [-0.25, -0.2) is 0 Å².